The number of amides is 4. The number of phenols is 1. The molecule has 0 bridgehead atoms. The van der Waals surface area contributed by atoms with Crippen LogP contribution in [0.25, 0.3) is 12.2 Å². The van der Waals surface area contributed by atoms with Gasteiger partial charge in [-0.25, -0.2) is 26.9 Å². The topological polar surface area (TPSA) is 123 Å². The summed E-state index contributed by atoms with van der Waals surface area (Å²) in [6.07, 6.45) is 4.32. The average molecular weight is 870 g/mol. The quantitative estimate of drug-likeness (QED) is 0.0359. The van der Waals surface area contributed by atoms with Gasteiger partial charge >= 0.3 is 0 Å². The predicted octanol–water partition coefficient (Wildman–Crippen LogP) is 8.05. The fraction of sp³-hybridized carbons (Fsp3) is 0.256. The number of para-hydroxylation sites is 1. The van der Waals surface area contributed by atoms with Crippen molar-refractivity contribution in [1.29, 1.82) is 0 Å². The lowest BCUT2D eigenvalue weighted by Crippen LogP contribution is -2.60. The predicted molar refractivity (Wildman–Crippen MR) is 208 cm³/mol. The van der Waals surface area contributed by atoms with Crippen LogP contribution in [0.5, 0.6) is 23.0 Å². The summed E-state index contributed by atoms with van der Waals surface area (Å²) in [5.41, 5.74) is -0.272. The first-order valence-electron chi connectivity index (χ1n) is 18.3. The number of carbonyl (C=O) groups excluding carboxylic acids is 4. The molecule has 8 rings (SSSR count). The van der Waals surface area contributed by atoms with Crippen LogP contribution < -0.4 is 24.0 Å². The van der Waals surface area contributed by atoms with Crippen molar-refractivity contribution in [2.24, 2.45) is 17.8 Å². The molecule has 0 radical (unpaired) electrons. The third kappa shape index (κ3) is 5.65. The molecule has 1 saturated carbocycles. The molecule has 6 atom stereocenters. The van der Waals surface area contributed by atoms with Crippen molar-refractivity contribution in [2.75, 3.05) is 31.1 Å². The summed E-state index contributed by atoms with van der Waals surface area (Å²) in [4.78, 5) is 52.8. The smallest absolute Gasteiger partial charge is 0.258 e. The molecule has 2 saturated heterocycles. The Balaban J connectivity index is 1.20. The molecule has 3 fully saturated rings. The minimum atomic E-state index is -2.81. The number of fused-ring (bicyclic) bond motifs is 4. The van der Waals surface area contributed by atoms with E-state index in [4.69, 9.17) is 37.4 Å². The number of methoxy groups -OCH3 is 3. The van der Waals surface area contributed by atoms with Crippen molar-refractivity contribution in [3.05, 3.63) is 118 Å². The van der Waals surface area contributed by atoms with Crippen molar-refractivity contribution >= 4 is 70.4 Å². The highest BCUT2D eigenvalue weighted by Crippen LogP contribution is 2.67. The summed E-state index contributed by atoms with van der Waals surface area (Å²) in [5, 5.41) is 11.5. The molecular weight excluding hydrogens is 838 g/mol. The van der Waals surface area contributed by atoms with E-state index < -0.39 is 104 Å². The molecule has 4 amide bonds. The first kappa shape index (κ1) is 40.8. The second-order valence-corrected chi connectivity index (χ2v) is 15.9. The highest BCUT2D eigenvalue weighted by atomic mass is 35.5. The molecular formula is C43H31Cl2F5N2O8. The third-order valence-corrected chi connectivity index (χ3v) is 13.2. The lowest BCUT2D eigenvalue weighted by Gasteiger charge is -2.50. The first-order chi connectivity index (χ1) is 28.5. The van der Waals surface area contributed by atoms with E-state index in [1.807, 2.05) is 0 Å². The number of nitrogens with zero attached hydrogens (tertiary/aromatic N) is 2. The van der Waals surface area contributed by atoms with Crippen LogP contribution in [0.4, 0.5) is 33.3 Å². The van der Waals surface area contributed by atoms with E-state index in [2.05, 4.69) is 0 Å². The molecule has 0 aromatic heterocycles. The summed E-state index contributed by atoms with van der Waals surface area (Å²) < 4.78 is 90.0. The van der Waals surface area contributed by atoms with E-state index in [0.29, 0.717) is 17.1 Å². The Morgan fingerprint density at radius 3 is 2.02 bits per heavy atom. The van der Waals surface area contributed by atoms with Crippen LogP contribution in [-0.4, -0.2) is 59.8 Å². The number of alkyl halides is 2. The zero-order valence-corrected chi connectivity index (χ0v) is 33.1. The number of aromatic hydroxyl groups is 1. The second kappa shape index (κ2) is 14.7. The number of phenolic OH excluding ortho intramolecular Hbond substituents is 1. The fourth-order valence-corrected chi connectivity index (χ4v) is 9.92. The van der Waals surface area contributed by atoms with E-state index in [1.54, 1.807) is 54.6 Å². The van der Waals surface area contributed by atoms with E-state index in [1.165, 1.54) is 45.6 Å². The van der Waals surface area contributed by atoms with Gasteiger partial charge in [0.1, 0.15) is 17.2 Å². The minimum Gasteiger partial charge on any atom is -0.504 e. The summed E-state index contributed by atoms with van der Waals surface area (Å²) in [6.45, 7) is 0. The highest BCUT2D eigenvalue weighted by molar-refractivity contribution is 6.58. The molecule has 2 heterocycles. The summed E-state index contributed by atoms with van der Waals surface area (Å²) in [7, 11) is 4.29. The molecule has 310 valence electrons. The van der Waals surface area contributed by atoms with Crippen LogP contribution in [0.2, 0.25) is 0 Å². The fourth-order valence-electron chi connectivity index (χ4n) is 8.99. The summed E-state index contributed by atoms with van der Waals surface area (Å²) in [6, 6.07) is 15.8. The van der Waals surface area contributed by atoms with Crippen LogP contribution in [-0.2, 0) is 19.2 Å². The van der Waals surface area contributed by atoms with Crippen LogP contribution in [0.1, 0.15) is 35.4 Å². The normalized spacial score (nSPS) is 26.0. The standard InChI is InChI=1S/C43H31Cl2F5N2O8/c1-58-22-13-16-27(59-2)20(17-22)10-7-19-8-11-21(12-9-19)51-38(54)24-15-14-23-26(29(24)39(51)55)18-42(44)40(56)52(36-34(49)32(47)31(46)33(48)35(36)50)41(57)43(42,45)30(23)25-5-4-6-28(60-3)37(25)53/h4-14,16-17,24,26,29-30,53H,15,18H2,1-3H3/t24-,26+,29-,30+,42+,43-/m0/s1. The molecule has 4 aromatic rings. The first-order valence-corrected chi connectivity index (χ1v) is 19.0. The minimum absolute atomic E-state index is 0.0895. The van der Waals surface area contributed by atoms with Gasteiger partial charge in [-0.05, 0) is 60.7 Å². The van der Waals surface area contributed by atoms with Crippen LogP contribution in [0, 0.1) is 46.8 Å². The van der Waals surface area contributed by atoms with E-state index >= 15 is 8.78 Å². The maximum atomic E-state index is 15.4. The average Bonchev–Trinajstić information content (AvgIpc) is 3.59. The maximum Gasteiger partial charge on any atom is 0.258 e. The third-order valence-electron chi connectivity index (χ3n) is 11.8. The Morgan fingerprint density at radius 2 is 1.38 bits per heavy atom. The van der Waals surface area contributed by atoms with E-state index in [-0.39, 0.29) is 33.9 Å². The lowest BCUT2D eigenvalue weighted by molar-refractivity contribution is -0.125. The second-order valence-electron chi connectivity index (χ2n) is 14.6. The van der Waals surface area contributed by atoms with Gasteiger partial charge in [0.2, 0.25) is 17.6 Å². The van der Waals surface area contributed by atoms with Crippen molar-refractivity contribution < 1.29 is 60.4 Å². The number of ether oxygens (including phenoxy) is 3. The Kier molecular flexibility index (Phi) is 9.98. The van der Waals surface area contributed by atoms with Gasteiger partial charge in [-0.1, -0.05) is 48.1 Å². The number of hydrogen-bond donors (Lipinski definition) is 1. The van der Waals surface area contributed by atoms with Gasteiger partial charge in [-0.2, -0.15) is 0 Å². The largest absolute Gasteiger partial charge is 0.504 e. The molecule has 1 N–H and O–H groups in total. The van der Waals surface area contributed by atoms with Crippen LogP contribution in [0.15, 0.2) is 72.3 Å². The Labute approximate surface area is 348 Å². The SMILES string of the molecule is COc1ccc(OC)c(C=Cc2ccc(N3C(=O)[C@H]4[C@H](CC=C5[C@H]4C[C@@]4(Cl)C(=O)N(c6c(F)c(F)c(F)c(F)c6F)C(=O)[C@@]4(Cl)[C@H]5c4cccc(OC)c4O)C3=O)cc2)c1. The molecule has 2 aliphatic heterocycles. The number of allylic oxidation sites excluding steroid dienone is 2. The summed E-state index contributed by atoms with van der Waals surface area (Å²) >= 11 is 14.4. The molecule has 0 unspecified atom stereocenters. The number of rotatable bonds is 8. The monoisotopic (exact) mass is 868 g/mol. The van der Waals surface area contributed by atoms with Crippen LogP contribution in [0.3, 0.4) is 0 Å². The molecule has 0 spiro atoms. The van der Waals surface area contributed by atoms with Crippen molar-refractivity contribution in [2.45, 2.75) is 28.5 Å². The van der Waals surface area contributed by atoms with E-state index in [0.717, 1.165) is 10.5 Å². The number of hydrogen-bond acceptors (Lipinski definition) is 8. The van der Waals surface area contributed by atoms with Crippen molar-refractivity contribution in [1.82, 2.24) is 0 Å². The number of halogens is 7. The molecule has 60 heavy (non-hydrogen) atoms. The van der Waals surface area contributed by atoms with E-state index in [9.17, 15) is 37.5 Å². The van der Waals surface area contributed by atoms with Crippen LogP contribution >= 0.6 is 23.2 Å². The maximum absolute atomic E-state index is 15.4. The van der Waals surface area contributed by atoms with Gasteiger partial charge < -0.3 is 19.3 Å². The van der Waals surface area contributed by atoms with Gasteiger partial charge in [0.25, 0.3) is 11.8 Å². The van der Waals surface area contributed by atoms with Gasteiger partial charge in [0, 0.05) is 17.0 Å². The number of imide groups is 2. The van der Waals surface area contributed by atoms with Gasteiger partial charge in [-0.15, -0.1) is 23.2 Å². The number of carbonyl (C=O) groups is 4. The Bertz CT molecular complexity index is 2580. The van der Waals surface area contributed by atoms with Gasteiger partial charge in [0.15, 0.2) is 44.5 Å². The molecule has 4 aromatic carbocycles. The van der Waals surface area contributed by atoms with Crippen molar-refractivity contribution in [3.8, 4) is 23.0 Å². The molecule has 4 aliphatic rings. The molecule has 17 heteroatoms. The van der Waals surface area contributed by atoms with Gasteiger partial charge in [0.05, 0.1) is 38.9 Å². The molecule has 10 nitrogen and oxygen atoms in total. The lowest BCUT2D eigenvalue weighted by atomic mass is 9.56. The van der Waals surface area contributed by atoms with Crippen molar-refractivity contribution in [3.63, 3.8) is 0 Å². The number of anilines is 2. The summed E-state index contributed by atoms with van der Waals surface area (Å²) in [5.74, 6) is -21.6. The zero-order chi connectivity index (χ0) is 43.2. The number of benzene rings is 4. The Morgan fingerprint density at radius 1 is 0.733 bits per heavy atom. The van der Waals surface area contributed by atoms with Gasteiger partial charge in [-0.3, -0.25) is 24.1 Å². The Hall–Kier alpha value is -5.93. The molecule has 2 aliphatic carbocycles. The highest BCUT2D eigenvalue weighted by Gasteiger charge is 2.77. The zero-order valence-electron chi connectivity index (χ0n) is 31.6.